The molecule has 0 spiro atoms. The zero-order valence-corrected chi connectivity index (χ0v) is 7.54. The van der Waals surface area contributed by atoms with Crippen molar-refractivity contribution >= 4 is 6.09 Å². The highest BCUT2D eigenvalue weighted by molar-refractivity contribution is 5.65. The summed E-state index contributed by atoms with van der Waals surface area (Å²) in [6.45, 7) is 3.19. The van der Waals surface area contributed by atoms with Gasteiger partial charge in [-0.2, -0.15) is 0 Å². The summed E-state index contributed by atoms with van der Waals surface area (Å²) in [6.07, 6.45) is 0.749. The molecule has 1 N–H and O–H groups in total. The summed E-state index contributed by atoms with van der Waals surface area (Å²) in [5.74, 6) is 0. The quantitative estimate of drug-likeness (QED) is 0.647. The van der Waals surface area contributed by atoms with Crippen LogP contribution in [0.3, 0.4) is 0 Å². The fraction of sp³-hybridized carbons (Fsp3) is 0.875. The lowest BCUT2D eigenvalue weighted by molar-refractivity contribution is -0.0385. The number of hydrogen-bond acceptors (Lipinski definition) is 2. The van der Waals surface area contributed by atoms with E-state index in [1.54, 1.807) is 7.11 Å². The summed E-state index contributed by atoms with van der Waals surface area (Å²) in [5.41, 5.74) is -0.119. The second-order valence-corrected chi connectivity index (χ2v) is 3.42. The lowest BCUT2D eigenvalue weighted by Crippen LogP contribution is -2.45. The van der Waals surface area contributed by atoms with Crippen molar-refractivity contribution in [3.63, 3.8) is 0 Å². The van der Waals surface area contributed by atoms with Crippen molar-refractivity contribution in [2.45, 2.75) is 25.4 Å². The summed E-state index contributed by atoms with van der Waals surface area (Å²) >= 11 is 0. The first-order chi connectivity index (χ1) is 5.57. The van der Waals surface area contributed by atoms with Gasteiger partial charge in [-0.05, 0) is 19.8 Å². The van der Waals surface area contributed by atoms with Crippen molar-refractivity contribution in [1.29, 1.82) is 0 Å². The lowest BCUT2D eigenvalue weighted by Gasteiger charge is -2.36. The molecule has 0 saturated carbocycles. The zero-order valence-electron chi connectivity index (χ0n) is 7.54. The number of methoxy groups -OCH3 is 1. The highest BCUT2D eigenvalue weighted by Gasteiger charge is 2.31. The Bertz CT molecular complexity index is 173. The van der Waals surface area contributed by atoms with E-state index >= 15 is 0 Å². The van der Waals surface area contributed by atoms with E-state index in [4.69, 9.17) is 9.84 Å². The van der Waals surface area contributed by atoms with Crippen LogP contribution in [0, 0.1) is 0 Å². The van der Waals surface area contributed by atoms with Gasteiger partial charge >= 0.3 is 6.09 Å². The SMILES string of the molecule is COC1(C)CCN(C(=O)O)CC1. The highest BCUT2D eigenvalue weighted by atomic mass is 16.5. The summed E-state index contributed by atoms with van der Waals surface area (Å²) in [5, 5.41) is 8.67. The van der Waals surface area contributed by atoms with Crippen LogP contribution in [0.25, 0.3) is 0 Å². The minimum Gasteiger partial charge on any atom is -0.465 e. The lowest BCUT2D eigenvalue weighted by atomic mass is 9.94. The number of amides is 1. The summed E-state index contributed by atoms with van der Waals surface area (Å²) in [4.78, 5) is 12.0. The standard InChI is InChI=1S/C8H15NO3/c1-8(12-2)3-5-9(6-4-8)7(10)11/h3-6H2,1-2H3,(H,10,11). The molecule has 1 amide bonds. The highest BCUT2D eigenvalue weighted by Crippen LogP contribution is 2.24. The molecule has 1 aliphatic heterocycles. The van der Waals surface area contributed by atoms with Gasteiger partial charge in [0.2, 0.25) is 0 Å². The zero-order chi connectivity index (χ0) is 9.19. The van der Waals surface area contributed by atoms with E-state index in [0.717, 1.165) is 12.8 Å². The van der Waals surface area contributed by atoms with Gasteiger partial charge in [-0.3, -0.25) is 0 Å². The third-order valence-electron chi connectivity index (χ3n) is 2.58. The van der Waals surface area contributed by atoms with Crippen LogP contribution in [-0.2, 0) is 4.74 Å². The van der Waals surface area contributed by atoms with E-state index in [1.807, 2.05) is 6.92 Å². The molecule has 4 heteroatoms. The molecule has 4 nitrogen and oxygen atoms in total. The monoisotopic (exact) mass is 173 g/mol. The Hall–Kier alpha value is -0.770. The molecule has 0 aromatic heterocycles. The molecule has 12 heavy (non-hydrogen) atoms. The summed E-state index contributed by atoms with van der Waals surface area (Å²) < 4.78 is 5.29. The topological polar surface area (TPSA) is 49.8 Å². The molecule has 1 rings (SSSR count). The van der Waals surface area contributed by atoms with Crippen LogP contribution in [0.4, 0.5) is 4.79 Å². The Morgan fingerprint density at radius 1 is 1.50 bits per heavy atom. The van der Waals surface area contributed by atoms with E-state index in [1.165, 1.54) is 4.90 Å². The third kappa shape index (κ3) is 1.88. The molecule has 1 saturated heterocycles. The largest absolute Gasteiger partial charge is 0.465 e. The second kappa shape index (κ2) is 3.31. The van der Waals surface area contributed by atoms with Gasteiger partial charge in [-0.15, -0.1) is 0 Å². The Morgan fingerprint density at radius 2 is 2.00 bits per heavy atom. The molecule has 1 fully saturated rings. The van der Waals surface area contributed by atoms with Gasteiger partial charge in [-0.1, -0.05) is 0 Å². The van der Waals surface area contributed by atoms with Crippen LogP contribution in [0.15, 0.2) is 0 Å². The minimum absolute atomic E-state index is 0.119. The van der Waals surface area contributed by atoms with Crippen molar-refractivity contribution in [3.8, 4) is 0 Å². The van der Waals surface area contributed by atoms with Crippen molar-refractivity contribution in [3.05, 3.63) is 0 Å². The number of likely N-dealkylation sites (tertiary alicyclic amines) is 1. The first-order valence-corrected chi connectivity index (χ1v) is 4.10. The molecular weight excluding hydrogens is 158 g/mol. The molecule has 0 aliphatic carbocycles. The Morgan fingerprint density at radius 3 is 2.33 bits per heavy atom. The first-order valence-electron chi connectivity index (χ1n) is 4.10. The van der Waals surface area contributed by atoms with Crippen molar-refractivity contribution in [2.24, 2.45) is 0 Å². The van der Waals surface area contributed by atoms with Crippen molar-refractivity contribution in [2.75, 3.05) is 20.2 Å². The molecule has 0 unspecified atom stereocenters. The van der Waals surface area contributed by atoms with Gasteiger partial charge in [0.25, 0.3) is 0 Å². The van der Waals surface area contributed by atoms with Crippen LogP contribution in [0.1, 0.15) is 19.8 Å². The molecule has 1 aliphatic rings. The van der Waals surface area contributed by atoms with Crippen LogP contribution in [-0.4, -0.2) is 41.9 Å². The average molecular weight is 173 g/mol. The Labute approximate surface area is 72.1 Å². The molecular formula is C8H15NO3. The number of rotatable bonds is 1. The van der Waals surface area contributed by atoms with Crippen molar-refractivity contribution < 1.29 is 14.6 Å². The van der Waals surface area contributed by atoms with E-state index in [0.29, 0.717) is 13.1 Å². The molecule has 0 aromatic rings. The van der Waals surface area contributed by atoms with Crippen LogP contribution in [0.2, 0.25) is 0 Å². The summed E-state index contributed by atoms with van der Waals surface area (Å²) in [6, 6.07) is 0. The smallest absolute Gasteiger partial charge is 0.407 e. The fourth-order valence-corrected chi connectivity index (χ4v) is 1.38. The number of piperidine rings is 1. The Kier molecular flexibility index (Phi) is 2.57. The van der Waals surface area contributed by atoms with Gasteiger partial charge < -0.3 is 14.7 Å². The third-order valence-corrected chi connectivity index (χ3v) is 2.58. The number of carbonyl (C=O) groups is 1. The minimum atomic E-state index is -0.826. The van der Waals surface area contributed by atoms with E-state index in [2.05, 4.69) is 0 Å². The van der Waals surface area contributed by atoms with E-state index < -0.39 is 6.09 Å². The van der Waals surface area contributed by atoms with Gasteiger partial charge in [0.15, 0.2) is 0 Å². The van der Waals surface area contributed by atoms with Gasteiger partial charge in [-0.25, -0.2) is 4.79 Å². The molecule has 0 aromatic carbocycles. The normalized spacial score (nSPS) is 22.3. The van der Waals surface area contributed by atoms with Gasteiger partial charge in [0.1, 0.15) is 0 Å². The molecule has 0 radical (unpaired) electrons. The maximum absolute atomic E-state index is 10.5. The van der Waals surface area contributed by atoms with Crippen molar-refractivity contribution in [1.82, 2.24) is 4.90 Å². The number of carboxylic acid groups (broad SMARTS) is 1. The summed E-state index contributed by atoms with van der Waals surface area (Å²) in [7, 11) is 1.68. The molecule has 0 bridgehead atoms. The van der Waals surface area contributed by atoms with E-state index in [9.17, 15) is 4.79 Å². The van der Waals surface area contributed by atoms with Crippen LogP contribution in [0.5, 0.6) is 0 Å². The van der Waals surface area contributed by atoms with Gasteiger partial charge in [0, 0.05) is 20.2 Å². The predicted molar refractivity (Wildman–Crippen MR) is 44.2 cm³/mol. The van der Waals surface area contributed by atoms with Crippen LogP contribution >= 0.6 is 0 Å². The maximum Gasteiger partial charge on any atom is 0.407 e. The van der Waals surface area contributed by atoms with Gasteiger partial charge in [0.05, 0.1) is 5.60 Å². The van der Waals surface area contributed by atoms with Crippen LogP contribution < -0.4 is 0 Å². The number of ether oxygens (including phenoxy) is 1. The predicted octanol–water partition coefficient (Wildman–Crippen LogP) is 1.17. The van der Waals surface area contributed by atoms with E-state index in [-0.39, 0.29) is 5.60 Å². The molecule has 70 valence electrons. The fourth-order valence-electron chi connectivity index (χ4n) is 1.38. The second-order valence-electron chi connectivity index (χ2n) is 3.42. The molecule has 0 atom stereocenters. The Balaban J connectivity index is 2.44. The number of nitrogens with zero attached hydrogens (tertiary/aromatic N) is 1. The number of hydrogen-bond donors (Lipinski definition) is 1. The average Bonchev–Trinajstić information content (AvgIpc) is 2.05. The molecule has 1 heterocycles. The first kappa shape index (κ1) is 9.32. The maximum atomic E-state index is 10.5.